The van der Waals surface area contributed by atoms with Crippen molar-refractivity contribution in [2.75, 3.05) is 0 Å². The van der Waals surface area contributed by atoms with Gasteiger partial charge in [0.25, 0.3) is 0 Å². The maximum absolute atomic E-state index is 14.2. The molecule has 6 heteroatoms. The first-order valence-corrected chi connectivity index (χ1v) is 7.57. The summed E-state index contributed by atoms with van der Waals surface area (Å²) < 4.78 is 29.4. The van der Waals surface area contributed by atoms with Gasteiger partial charge in [-0.25, -0.2) is 18.3 Å². The molecular formula is C17H12ClF2N3. The molecule has 1 atom stereocenters. The highest BCUT2D eigenvalue weighted by Gasteiger charge is 2.26. The number of hydrogen-bond donors (Lipinski definition) is 0. The van der Waals surface area contributed by atoms with Crippen molar-refractivity contribution in [3.05, 3.63) is 58.5 Å². The van der Waals surface area contributed by atoms with Crippen molar-refractivity contribution in [3.63, 3.8) is 0 Å². The first kappa shape index (κ1) is 14.3. The van der Waals surface area contributed by atoms with Gasteiger partial charge in [0, 0.05) is 23.2 Å². The molecular weight excluding hydrogens is 320 g/mol. The van der Waals surface area contributed by atoms with Crippen molar-refractivity contribution >= 4 is 22.8 Å². The molecule has 0 saturated heterocycles. The maximum Gasteiger partial charge on any atom is 0.166 e. The molecule has 0 N–H and O–H groups in total. The topological polar surface area (TPSA) is 30.2 Å². The average molecular weight is 332 g/mol. The number of fused-ring (bicyclic) bond motifs is 3. The first-order chi connectivity index (χ1) is 11.0. The lowest BCUT2D eigenvalue weighted by Gasteiger charge is -2.08. The van der Waals surface area contributed by atoms with Gasteiger partial charge < -0.3 is 0 Å². The fourth-order valence-corrected chi connectivity index (χ4v) is 3.45. The van der Waals surface area contributed by atoms with Crippen LogP contribution in [0.5, 0.6) is 0 Å². The Morgan fingerprint density at radius 1 is 1.22 bits per heavy atom. The van der Waals surface area contributed by atoms with Gasteiger partial charge in [0.15, 0.2) is 22.4 Å². The second-order valence-electron chi connectivity index (χ2n) is 5.70. The van der Waals surface area contributed by atoms with E-state index < -0.39 is 11.6 Å². The smallest absolute Gasteiger partial charge is 0.166 e. The fourth-order valence-electron chi connectivity index (χ4n) is 3.19. The van der Waals surface area contributed by atoms with Crippen molar-refractivity contribution in [1.29, 1.82) is 0 Å². The SMILES string of the molecule is CC1=CC(C)c2c1cnc1c(-c3cccc(F)c3F)c(Cl)nn21. The number of hydrogen-bond acceptors (Lipinski definition) is 2. The molecule has 2 heterocycles. The largest absolute Gasteiger partial charge is 0.236 e. The van der Waals surface area contributed by atoms with Crippen molar-refractivity contribution < 1.29 is 8.78 Å². The lowest BCUT2D eigenvalue weighted by molar-refractivity contribution is 0.511. The summed E-state index contributed by atoms with van der Waals surface area (Å²) in [5.41, 5.74) is 3.86. The lowest BCUT2D eigenvalue weighted by Crippen LogP contribution is -2.03. The lowest BCUT2D eigenvalue weighted by atomic mass is 10.1. The highest BCUT2D eigenvalue weighted by atomic mass is 35.5. The predicted octanol–water partition coefficient (Wildman–Crippen LogP) is 4.85. The summed E-state index contributed by atoms with van der Waals surface area (Å²) in [4.78, 5) is 4.39. The van der Waals surface area contributed by atoms with Crippen LogP contribution in [0.25, 0.3) is 22.3 Å². The van der Waals surface area contributed by atoms with Crippen LogP contribution in [0.2, 0.25) is 5.15 Å². The van der Waals surface area contributed by atoms with E-state index in [1.54, 1.807) is 10.7 Å². The number of benzene rings is 1. The van der Waals surface area contributed by atoms with E-state index in [0.29, 0.717) is 11.2 Å². The van der Waals surface area contributed by atoms with Gasteiger partial charge in [-0.15, -0.1) is 0 Å². The van der Waals surface area contributed by atoms with Crippen molar-refractivity contribution in [2.24, 2.45) is 0 Å². The zero-order valence-electron chi connectivity index (χ0n) is 12.4. The minimum absolute atomic E-state index is 0.0628. The van der Waals surface area contributed by atoms with Crippen LogP contribution < -0.4 is 0 Å². The molecule has 0 bridgehead atoms. The van der Waals surface area contributed by atoms with Gasteiger partial charge in [-0.05, 0) is 18.6 Å². The van der Waals surface area contributed by atoms with E-state index in [9.17, 15) is 8.78 Å². The van der Waals surface area contributed by atoms with Gasteiger partial charge in [0.1, 0.15) is 0 Å². The van der Waals surface area contributed by atoms with Gasteiger partial charge in [0.2, 0.25) is 0 Å². The van der Waals surface area contributed by atoms with Gasteiger partial charge in [-0.3, -0.25) is 0 Å². The summed E-state index contributed by atoms with van der Waals surface area (Å²) in [6.45, 7) is 4.06. The summed E-state index contributed by atoms with van der Waals surface area (Å²) >= 11 is 6.23. The minimum atomic E-state index is -0.950. The molecule has 2 aromatic heterocycles. The van der Waals surface area contributed by atoms with Gasteiger partial charge >= 0.3 is 0 Å². The Morgan fingerprint density at radius 2 is 2.00 bits per heavy atom. The van der Waals surface area contributed by atoms with E-state index in [0.717, 1.165) is 22.9 Å². The third kappa shape index (κ3) is 1.93. The van der Waals surface area contributed by atoms with Crippen LogP contribution in [0.4, 0.5) is 8.78 Å². The monoisotopic (exact) mass is 331 g/mol. The minimum Gasteiger partial charge on any atom is -0.236 e. The first-order valence-electron chi connectivity index (χ1n) is 7.19. The Labute approximate surface area is 136 Å². The molecule has 1 unspecified atom stereocenters. The summed E-state index contributed by atoms with van der Waals surface area (Å²) in [6, 6.07) is 3.98. The van der Waals surface area contributed by atoms with Crippen molar-refractivity contribution in [2.45, 2.75) is 19.8 Å². The molecule has 0 radical (unpaired) electrons. The molecule has 3 nitrogen and oxygen atoms in total. The Balaban J connectivity index is 2.06. The van der Waals surface area contributed by atoms with Crippen molar-refractivity contribution in [3.8, 4) is 11.1 Å². The molecule has 0 spiro atoms. The van der Waals surface area contributed by atoms with Crippen LogP contribution in [-0.2, 0) is 0 Å². The normalized spacial score (nSPS) is 16.7. The summed E-state index contributed by atoms with van der Waals surface area (Å²) in [5, 5.41) is 4.42. The fraction of sp³-hybridized carbons (Fsp3) is 0.176. The molecule has 23 heavy (non-hydrogen) atoms. The Kier molecular flexibility index (Phi) is 3.03. The molecule has 0 aliphatic heterocycles. The molecule has 1 aliphatic carbocycles. The highest BCUT2D eigenvalue weighted by molar-refractivity contribution is 6.33. The molecule has 0 saturated carbocycles. The van der Waals surface area contributed by atoms with E-state index >= 15 is 0 Å². The number of rotatable bonds is 1. The number of aromatic nitrogens is 3. The predicted molar refractivity (Wildman–Crippen MR) is 85.4 cm³/mol. The van der Waals surface area contributed by atoms with Gasteiger partial charge in [-0.1, -0.05) is 36.7 Å². The van der Waals surface area contributed by atoms with Crippen LogP contribution in [0.1, 0.15) is 31.0 Å². The second-order valence-corrected chi connectivity index (χ2v) is 6.06. The maximum atomic E-state index is 14.2. The third-order valence-electron chi connectivity index (χ3n) is 4.22. The van der Waals surface area contributed by atoms with Gasteiger partial charge in [0.05, 0.1) is 11.3 Å². The zero-order valence-corrected chi connectivity index (χ0v) is 13.2. The average Bonchev–Trinajstić information content (AvgIpc) is 2.99. The van der Waals surface area contributed by atoms with E-state index in [1.807, 2.05) is 13.8 Å². The number of nitrogens with zero attached hydrogens (tertiary/aromatic N) is 3. The zero-order chi connectivity index (χ0) is 16.3. The summed E-state index contributed by atoms with van der Waals surface area (Å²) in [5.74, 6) is -1.73. The quantitative estimate of drug-likeness (QED) is 0.638. The molecule has 1 aliphatic rings. The highest BCUT2D eigenvalue weighted by Crippen LogP contribution is 2.39. The molecule has 0 fully saturated rings. The van der Waals surface area contributed by atoms with Gasteiger partial charge in [-0.2, -0.15) is 5.10 Å². The third-order valence-corrected chi connectivity index (χ3v) is 4.48. The Hall–Kier alpha value is -2.27. The Bertz CT molecular complexity index is 991. The van der Waals surface area contributed by atoms with E-state index in [4.69, 9.17) is 11.6 Å². The van der Waals surface area contributed by atoms with Crippen LogP contribution in [0.3, 0.4) is 0 Å². The van der Waals surface area contributed by atoms with Crippen LogP contribution in [0.15, 0.2) is 30.5 Å². The number of halogens is 3. The van der Waals surface area contributed by atoms with E-state index in [2.05, 4.69) is 16.2 Å². The van der Waals surface area contributed by atoms with E-state index in [1.165, 1.54) is 12.1 Å². The van der Waals surface area contributed by atoms with Crippen LogP contribution >= 0.6 is 11.6 Å². The standard InChI is InChI=1S/C17H12ClF2N3/c1-8-6-9(2)15-11(8)7-21-17-13(16(18)22-23(15)17)10-4-3-5-12(19)14(10)20/h3-7,9H,1-2H3. The van der Waals surface area contributed by atoms with Crippen LogP contribution in [-0.4, -0.2) is 14.6 Å². The Morgan fingerprint density at radius 3 is 2.78 bits per heavy atom. The molecule has 0 amide bonds. The molecule has 4 rings (SSSR count). The molecule has 3 aromatic rings. The number of allylic oxidation sites excluding steroid dienone is 2. The molecule has 1 aromatic carbocycles. The second kappa shape index (κ2) is 4.86. The van der Waals surface area contributed by atoms with Crippen LogP contribution in [0, 0.1) is 11.6 Å². The van der Waals surface area contributed by atoms with Crippen molar-refractivity contribution in [1.82, 2.24) is 14.6 Å². The summed E-state index contributed by atoms with van der Waals surface area (Å²) in [7, 11) is 0. The summed E-state index contributed by atoms with van der Waals surface area (Å²) in [6.07, 6.45) is 3.85. The van der Waals surface area contributed by atoms with E-state index in [-0.39, 0.29) is 16.6 Å². The molecule has 116 valence electrons.